The number of aliphatic hydroxyl groups is 3. The molecule has 0 amide bonds. The standard InChI is InChI=1S/C33H38O10/c1-12(28(38)41-5)23-24-26-31(4,27(37)25(23)36)20-8-21(20)32(26,40)9-22-30(3)17-6-14(17)16(11-42-13(2)35)18(30)7-19-15(10-34)29(39)43-33(19,22)24/h14,16-18,20-23,27,34,37,40H,1,6-11H2,2-5H3/t14-,16-,17-,18+,20-,21+,22+,23+,27+,30+,31+,32+,33+/m1/s1. The Morgan fingerprint density at radius 2 is 1.84 bits per heavy atom. The Morgan fingerprint density at radius 1 is 1.12 bits per heavy atom. The first kappa shape index (κ1) is 27.7. The second-order valence-electron chi connectivity index (χ2n) is 14.8. The summed E-state index contributed by atoms with van der Waals surface area (Å²) >= 11 is 0. The van der Waals surface area contributed by atoms with E-state index in [9.17, 15) is 34.5 Å². The Bertz CT molecular complexity index is 1520. The molecule has 0 aromatic carbocycles. The van der Waals surface area contributed by atoms with E-state index >= 15 is 0 Å². The smallest absolute Gasteiger partial charge is 0.337 e. The predicted molar refractivity (Wildman–Crippen MR) is 146 cm³/mol. The van der Waals surface area contributed by atoms with Crippen LogP contribution in [0.25, 0.3) is 0 Å². The second kappa shape index (κ2) is 8.06. The summed E-state index contributed by atoms with van der Waals surface area (Å²) in [5, 5.41) is 35.0. The number of methoxy groups -OCH3 is 1. The first-order valence-electron chi connectivity index (χ1n) is 15.4. The zero-order valence-corrected chi connectivity index (χ0v) is 24.8. The fraction of sp³-hybridized carbons (Fsp3) is 0.697. The van der Waals surface area contributed by atoms with Crippen molar-refractivity contribution >= 4 is 23.7 Å². The van der Waals surface area contributed by atoms with Crippen LogP contribution in [0.4, 0.5) is 0 Å². The lowest BCUT2D eigenvalue weighted by molar-refractivity contribution is -0.176. The summed E-state index contributed by atoms with van der Waals surface area (Å²) in [6.07, 6.45) is 0.709. The molecule has 10 heteroatoms. The summed E-state index contributed by atoms with van der Waals surface area (Å²) in [6, 6.07) is 0. The van der Waals surface area contributed by atoms with Gasteiger partial charge >= 0.3 is 17.9 Å². The molecule has 0 unspecified atom stereocenters. The lowest BCUT2D eigenvalue weighted by atomic mass is 9.42. The quantitative estimate of drug-likeness (QED) is 0.184. The maximum absolute atomic E-state index is 14.3. The van der Waals surface area contributed by atoms with E-state index < -0.39 is 64.3 Å². The lowest BCUT2D eigenvalue weighted by Crippen LogP contribution is -2.67. The van der Waals surface area contributed by atoms with Gasteiger partial charge in [0.1, 0.15) is 6.10 Å². The Hall–Kier alpha value is -2.82. The summed E-state index contributed by atoms with van der Waals surface area (Å²) in [5.74, 6) is -4.16. The van der Waals surface area contributed by atoms with Crippen molar-refractivity contribution < 1.29 is 48.7 Å². The van der Waals surface area contributed by atoms with Crippen LogP contribution in [0.2, 0.25) is 0 Å². The average Bonchev–Trinajstić information content (AvgIpc) is 3.87. The molecule has 5 saturated carbocycles. The van der Waals surface area contributed by atoms with Crippen LogP contribution < -0.4 is 0 Å². The Balaban J connectivity index is 1.42. The van der Waals surface area contributed by atoms with Crippen molar-refractivity contribution in [1.29, 1.82) is 0 Å². The van der Waals surface area contributed by atoms with Gasteiger partial charge in [-0.15, -0.1) is 0 Å². The van der Waals surface area contributed by atoms with Gasteiger partial charge in [0, 0.05) is 23.8 Å². The van der Waals surface area contributed by atoms with Crippen LogP contribution in [0.1, 0.15) is 46.5 Å². The molecule has 3 N–H and O–H groups in total. The maximum atomic E-state index is 14.3. The number of esters is 3. The lowest BCUT2D eigenvalue weighted by Gasteiger charge is -2.63. The molecule has 0 aromatic rings. The number of Topliss-reactive ketones (excluding diaryl/α,β-unsaturated/α-hetero) is 1. The highest BCUT2D eigenvalue weighted by Gasteiger charge is 2.84. The largest absolute Gasteiger partial charge is 0.466 e. The van der Waals surface area contributed by atoms with Crippen LogP contribution in [0.5, 0.6) is 0 Å². The average molecular weight is 595 g/mol. The highest BCUT2D eigenvalue weighted by Crippen LogP contribution is 2.83. The molecule has 8 rings (SSSR count). The van der Waals surface area contributed by atoms with Crippen molar-refractivity contribution in [2.24, 2.45) is 58.2 Å². The maximum Gasteiger partial charge on any atom is 0.337 e. The van der Waals surface area contributed by atoms with Gasteiger partial charge in [0.05, 0.1) is 37.4 Å². The van der Waals surface area contributed by atoms with Gasteiger partial charge in [0.15, 0.2) is 11.4 Å². The zero-order valence-electron chi connectivity index (χ0n) is 24.8. The minimum atomic E-state index is -1.50. The number of ketones is 1. The molecule has 230 valence electrons. The van der Waals surface area contributed by atoms with Crippen molar-refractivity contribution in [3.8, 4) is 0 Å². The molecule has 10 nitrogen and oxygen atoms in total. The molecule has 8 aliphatic rings. The van der Waals surface area contributed by atoms with Crippen LogP contribution >= 0.6 is 0 Å². The van der Waals surface area contributed by atoms with E-state index in [1.54, 1.807) is 0 Å². The highest BCUT2D eigenvalue weighted by molar-refractivity contribution is 6.04. The van der Waals surface area contributed by atoms with Gasteiger partial charge in [-0.3, -0.25) is 9.59 Å². The molecule has 13 atom stereocenters. The molecule has 0 bridgehead atoms. The number of aliphatic hydroxyl groups excluding tert-OH is 2. The minimum Gasteiger partial charge on any atom is -0.466 e. The van der Waals surface area contributed by atoms with Crippen LogP contribution in [0.3, 0.4) is 0 Å². The molecule has 0 saturated heterocycles. The van der Waals surface area contributed by atoms with E-state index in [0.29, 0.717) is 35.5 Å². The SMILES string of the molecule is C=C(C(=O)OC)[C@@H]1C(=O)[C@H](O)[C@]2(C)C3=C1[C@]14OC(=O)C(CO)=C1C[C@H]1[C@H](COC(C)=O)[C@H]5C[C@H]5[C@]1(C)[C@@H]4C[C@]3(O)[C@H]1C[C@H]12. The van der Waals surface area contributed by atoms with E-state index in [1.165, 1.54) is 14.0 Å². The number of hydrogen-bond donors (Lipinski definition) is 3. The van der Waals surface area contributed by atoms with E-state index in [-0.39, 0.29) is 59.7 Å². The number of hydrogen-bond acceptors (Lipinski definition) is 10. The molecule has 5 fully saturated rings. The minimum absolute atomic E-state index is 0.0274. The summed E-state index contributed by atoms with van der Waals surface area (Å²) in [5.41, 5.74) is -3.11. The number of ether oxygens (including phenoxy) is 3. The Kier molecular flexibility index (Phi) is 5.19. The molecule has 1 heterocycles. The van der Waals surface area contributed by atoms with Crippen LogP contribution in [0, 0.1) is 58.2 Å². The van der Waals surface area contributed by atoms with Gasteiger partial charge in [-0.2, -0.15) is 0 Å². The van der Waals surface area contributed by atoms with E-state index in [4.69, 9.17) is 14.2 Å². The van der Waals surface area contributed by atoms with Gasteiger partial charge in [-0.05, 0) is 83.3 Å². The van der Waals surface area contributed by atoms with Crippen LogP contribution in [-0.2, 0) is 33.4 Å². The molecule has 0 radical (unpaired) electrons. The topological polar surface area (TPSA) is 157 Å². The van der Waals surface area contributed by atoms with E-state index in [0.717, 1.165) is 6.42 Å². The summed E-state index contributed by atoms with van der Waals surface area (Å²) in [7, 11) is 1.19. The third-order valence-electron chi connectivity index (χ3n) is 13.7. The normalized spacial score (nSPS) is 51.0. The van der Waals surface area contributed by atoms with Gasteiger partial charge in [0.25, 0.3) is 0 Å². The molecule has 0 aromatic heterocycles. The van der Waals surface area contributed by atoms with Crippen molar-refractivity contribution in [3.05, 3.63) is 34.4 Å². The van der Waals surface area contributed by atoms with Crippen molar-refractivity contribution in [2.75, 3.05) is 20.3 Å². The van der Waals surface area contributed by atoms with Crippen molar-refractivity contribution in [2.45, 2.75) is 63.8 Å². The van der Waals surface area contributed by atoms with Gasteiger partial charge < -0.3 is 29.5 Å². The number of carbonyl (C=O) groups excluding carboxylic acids is 4. The summed E-state index contributed by atoms with van der Waals surface area (Å²) in [6.45, 7) is 9.02. The fourth-order valence-corrected chi connectivity index (χ4v) is 11.9. The number of rotatable bonds is 5. The third-order valence-corrected chi connectivity index (χ3v) is 13.7. The molecule has 43 heavy (non-hydrogen) atoms. The molecular formula is C33H38O10. The summed E-state index contributed by atoms with van der Waals surface area (Å²) < 4.78 is 17.0. The van der Waals surface area contributed by atoms with Gasteiger partial charge in [0.2, 0.25) is 0 Å². The first-order chi connectivity index (χ1) is 20.2. The monoisotopic (exact) mass is 594 g/mol. The Morgan fingerprint density at radius 3 is 2.49 bits per heavy atom. The fourth-order valence-electron chi connectivity index (χ4n) is 11.9. The molecule has 1 aliphatic heterocycles. The summed E-state index contributed by atoms with van der Waals surface area (Å²) in [4.78, 5) is 52.8. The second-order valence-corrected chi connectivity index (χ2v) is 14.8. The molecule has 7 aliphatic carbocycles. The van der Waals surface area contributed by atoms with Gasteiger partial charge in [-0.25, -0.2) is 9.59 Å². The van der Waals surface area contributed by atoms with Crippen molar-refractivity contribution in [1.82, 2.24) is 0 Å². The predicted octanol–water partition coefficient (Wildman–Crippen LogP) is 1.42. The number of fused-ring (bicyclic) bond motifs is 7. The number of carbonyl (C=O) groups is 4. The third kappa shape index (κ3) is 2.84. The van der Waals surface area contributed by atoms with Crippen molar-refractivity contribution in [3.63, 3.8) is 0 Å². The molecule has 1 spiro atoms. The van der Waals surface area contributed by atoms with E-state index in [2.05, 4.69) is 13.5 Å². The Labute approximate surface area is 249 Å². The molecular weight excluding hydrogens is 556 g/mol. The first-order valence-corrected chi connectivity index (χ1v) is 15.4. The van der Waals surface area contributed by atoms with Crippen LogP contribution in [-0.4, -0.2) is 76.6 Å². The van der Waals surface area contributed by atoms with Crippen LogP contribution in [0.15, 0.2) is 34.4 Å². The highest BCUT2D eigenvalue weighted by atomic mass is 16.6. The zero-order chi connectivity index (χ0) is 30.8. The van der Waals surface area contributed by atoms with E-state index in [1.807, 2.05) is 6.92 Å². The van der Waals surface area contributed by atoms with Gasteiger partial charge in [-0.1, -0.05) is 20.4 Å².